The minimum atomic E-state index is -0.195. The monoisotopic (exact) mass is 270 g/mol. The van der Waals surface area contributed by atoms with Crippen LogP contribution in [0, 0.1) is 0 Å². The van der Waals surface area contributed by atoms with Gasteiger partial charge in [-0.2, -0.15) is 0 Å². The molecule has 1 atom stereocenters. The van der Waals surface area contributed by atoms with Gasteiger partial charge in [-0.1, -0.05) is 29.3 Å². The number of pyridine rings is 1. The molecule has 1 rings (SSSR count). The number of hydrogen-bond donors (Lipinski definition) is 2. The van der Waals surface area contributed by atoms with Crippen LogP contribution in [0.1, 0.15) is 24.4 Å². The van der Waals surface area contributed by atoms with E-state index in [-0.39, 0.29) is 25.1 Å². The standard InChI is InChI=1S/C9H12Cl2N2O.ClH/c10-8-4-3-6(9(11)13-8)7(12)2-1-5-14;/h3-4,7,14H,1-2,5,12H2;1H/t7-;/m1./s1. The van der Waals surface area contributed by atoms with Crippen molar-refractivity contribution in [2.45, 2.75) is 18.9 Å². The zero-order valence-corrected chi connectivity index (χ0v) is 10.3. The number of rotatable bonds is 4. The highest BCUT2D eigenvalue weighted by Crippen LogP contribution is 2.24. The normalized spacial score (nSPS) is 12.0. The lowest BCUT2D eigenvalue weighted by Crippen LogP contribution is -2.11. The summed E-state index contributed by atoms with van der Waals surface area (Å²) in [5, 5.41) is 9.34. The number of halogens is 3. The van der Waals surface area contributed by atoms with Crippen LogP contribution in [0.3, 0.4) is 0 Å². The summed E-state index contributed by atoms with van der Waals surface area (Å²) < 4.78 is 0. The molecule has 3 nitrogen and oxygen atoms in total. The summed E-state index contributed by atoms with van der Waals surface area (Å²) in [6, 6.07) is 3.22. The number of nitrogens with zero attached hydrogens (tertiary/aromatic N) is 1. The van der Waals surface area contributed by atoms with Crippen molar-refractivity contribution in [3.8, 4) is 0 Å². The van der Waals surface area contributed by atoms with Crippen molar-refractivity contribution in [2.75, 3.05) is 6.61 Å². The Kier molecular flexibility index (Phi) is 7.22. The lowest BCUT2D eigenvalue weighted by molar-refractivity contribution is 0.280. The molecule has 0 spiro atoms. The molecule has 0 amide bonds. The molecule has 0 aliphatic rings. The molecule has 0 saturated carbocycles. The maximum Gasteiger partial charge on any atom is 0.135 e. The number of nitrogens with two attached hydrogens (primary N) is 1. The lowest BCUT2D eigenvalue weighted by Gasteiger charge is -2.12. The fourth-order valence-electron chi connectivity index (χ4n) is 1.17. The zero-order chi connectivity index (χ0) is 10.6. The van der Waals surface area contributed by atoms with Gasteiger partial charge < -0.3 is 10.8 Å². The molecule has 0 saturated heterocycles. The van der Waals surface area contributed by atoms with Gasteiger partial charge in [-0.15, -0.1) is 12.4 Å². The predicted molar refractivity (Wildman–Crippen MR) is 64.8 cm³/mol. The third-order valence-corrected chi connectivity index (χ3v) is 2.43. The maximum absolute atomic E-state index is 8.65. The van der Waals surface area contributed by atoms with Crippen LogP contribution >= 0.6 is 35.6 Å². The van der Waals surface area contributed by atoms with Gasteiger partial charge in [-0.3, -0.25) is 0 Å². The first-order chi connectivity index (χ1) is 6.65. The van der Waals surface area contributed by atoms with E-state index in [0.29, 0.717) is 23.1 Å². The minimum Gasteiger partial charge on any atom is -0.396 e. The Morgan fingerprint density at radius 2 is 2.07 bits per heavy atom. The van der Waals surface area contributed by atoms with E-state index in [1.165, 1.54) is 0 Å². The lowest BCUT2D eigenvalue weighted by atomic mass is 10.1. The van der Waals surface area contributed by atoms with E-state index in [9.17, 15) is 0 Å². The molecular formula is C9H13Cl3N2O. The van der Waals surface area contributed by atoms with Crippen molar-refractivity contribution in [3.63, 3.8) is 0 Å². The van der Waals surface area contributed by atoms with E-state index in [1.54, 1.807) is 12.1 Å². The average molecular weight is 272 g/mol. The number of aromatic nitrogens is 1. The van der Waals surface area contributed by atoms with Crippen LogP contribution in [-0.2, 0) is 0 Å². The smallest absolute Gasteiger partial charge is 0.135 e. The second-order valence-electron chi connectivity index (χ2n) is 2.99. The molecule has 3 N–H and O–H groups in total. The largest absolute Gasteiger partial charge is 0.396 e. The summed E-state index contributed by atoms with van der Waals surface area (Å²) >= 11 is 11.5. The van der Waals surface area contributed by atoms with E-state index in [0.717, 1.165) is 5.56 Å². The van der Waals surface area contributed by atoms with Crippen molar-refractivity contribution in [1.29, 1.82) is 0 Å². The molecule has 15 heavy (non-hydrogen) atoms. The van der Waals surface area contributed by atoms with Crippen molar-refractivity contribution < 1.29 is 5.11 Å². The van der Waals surface area contributed by atoms with Crippen LogP contribution in [0.25, 0.3) is 0 Å². The molecule has 0 aliphatic carbocycles. The molecule has 0 aliphatic heterocycles. The van der Waals surface area contributed by atoms with Crippen LogP contribution in [-0.4, -0.2) is 16.7 Å². The van der Waals surface area contributed by atoms with Crippen LogP contribution in [0.2, 0.25) is 10.3 Å². The number of hydrogen-bond acceptors (Lipinski definition) is 3. The molecule has 1 heterocycles. The van der Waals surface area contributed by atoms with Crippen molar-refractivity contribution in [1.82, 2.24) is 4.98 Å². The Morgan fingerprint density at radius 1 is 1.40 bits per heavy atom. The molecule has 0 bridgehead atoms. The van der Waals surface area contributed by atoms with E-state index in [2.05, 4.69) is 4.98 Å². The Hall–Kier alpha value is -0.0600. The average Bonchev–Trinajstić information content (AvgIpc) is 2.14. The first-order valence-electron chi connectivity index (χ1n) is 4.33. The summed E-state index contributed by atoms with van der Waals surface area (Å²) in [6.07, 6.45) is 1.33. The Labute approximate surface area is 105 Å². The van der Waals surface area contributed by atoms with E-state index >= 15 is 0 Å². The van der Waals surface area contributed by atoms with Gasteiger partial charge in [0.05, 0.1) is 0 Å². The molecule has 86 valence electrons. The third-order valence-electron chi connectivity index (χ3n) is 1.92. The maximum atomic E-state index is 8.65. The van der Waals surface area contributed by atoms with E-state index < -0.39 is 0 Å². The summed E-state index contributed by atoms with van der Waals surface area (Å²) in [7, 11) is 0. The quantitative estimate of drug-likeness (QED) is 0.828. The summed E-state index contributed by atoms with van der Waals surface area (Å²) in [4.78, 5) is 3.89. The second kappa shape index (κ2) is 7.25. The van der Waals surface area contributed by atoms with Crippen molar-refractivity contribution >= 4 is 35.6 Å². The van der Waals surface area contributed by atoms with Gasteiger partial charge in [0, 0.05) is 18.2 Å². The highest BCUT2D eigenvalue weighted by molar-refractivity contribution is 6.32. The highest BCUT2D eigenvalue weighted by atomic mass is 35.5. The van der Waals surface area contributed by atoms with E-state index in [4.69, 9.17) is 34.0 Å². The van der Waals surface area contributed by atoms with Crippen molar-refractivity contribution in [3.05, 3.63) is 28.0 Å². The first-order valence-corrected chi connectivity index (χ1v) is 5.09. The zero-order valence-electron chi connectivity index (χ0n) is 7.99. The van der Waals surface area contributed by atoms with Gasteiger partial charge in [-0.05, 0) is 18.9 Å². The van der Waals surface area contributed by atoms with Gasteiger partial charge in [0.2, 0.25) is 0 Å². The topological polar surface area (TPSA) is 59.1 Å². The van der Waals surface area contributed by atoms with Crippen LogP contribution < -0.4 is 5.73 Å². The molecule has 0 fully saturated rings. The summed E-state index contributed by atoms with van der Waals surface area (Å²) in [5.74, 6) is 0. The highest BCUT2D eigenvalue weighted by Gasteiger charge is 2.10. The molecular weight excluding hydrogens is 258 g/mol. The number of aliphatic hydroxyl groups is 1. The van der Waals surface area contributed by atoms with Gasteiger partial charge in [0.15, 0.2) is 0 Å². The molecule has 1 aromatic rings. The fraction of sp³-hybridized carbons (Fsp3) is 0.444. The summed E-state index contributed by atoms with van der Waals surface area (Å²) in [6.45, 7) is 0.131. The molecule has 1 aromatic heterocycles. The Balaban J connectivity index is 0.00000196. The number of aliphatic hydroxyl groups excluding tert-OH is 1. The summed E-state index contributed by atoms with van der Waals surface area (Å²) in [5.41, 5.74) is 6.62. The van der Waals surface area contributed by atoms with Crippen LogP contribution in [0.4, 0.5) is 0 Å². The molecule has 0 radical (unpaired) electrons. The van der Waals surface area contributed by atoms with Gasteiger partial charge >= 0.3 is 0 Å². The van der Waals surface area contributed by atoms with Gasteiger partial charge in [-0.25, -0.2) is 4.98 Å². The third kappa shape index (κ3) is 4.53. The first kappa shape index (κ1) is 14.9. The second-order valence-corrected chi connectivity index (χ2v) is 3.73. The fourth-order valence-corrected chi connectivity index (χ4v) is 1.65. The molecule has 0 unspecified atom stereocenters. The molecule has 0 aromatic carbocycles. The van der Waals surface area contributed by atoms with E-state index in [1.807, 2.05) is 0 Å². The van der Waals surface area contributed by atoms with Crippen LogP contribution in [0.5, 0.6) is 0 Å². The van der Waals surface area contributed by atoms with Gasteiger partial charge in [0.1, 0.15) is 10.3 Å². The predicted octanol–water partition coefficient (Wildman–Crippen LogP) is 2.58. The molecule has 6 heteroatoms. The Morgan fingerprint density at radius 3 is 2.60 bits per heavy atom. The van der Waals surface area contributed by atoms with Gasteiger partial charge in [0.25, 0.3) is 0 Å². The minimum absolute atomic E-state index is 0. The Bertz CT molecular complexity index is 309. The van der Waals surface area contributed by atoms with Crippen molar-refractivity contribution in [2.24, 2.45) is 5.73 Å². The van der Waals surface area contributed by atoms with Crippen LogP contribution in [0.15, 0.2) is 12.1 Å². The SMILES string of the molecule is Cl.N[C@H](CCCO)c1ccc(Cl)nc1Cl.